The molecule has 2 rings (SSSR count). The summed E-state index contributed by atoms with van der Waals surface area (Å²) >= 11 is 2.00. The van der Waals surface area contributed by atoms with Gasteiger partial charge in [-0.3, -0.25) is 19.8 Å². The number of ether oxygens (including phenoxy) is 1. The Morgan fingerprint density at radius 2 is 2.14 bits per heavy atom. The first-order valence-electron chi connectivity index (χ1n) is 6.60. The van der Waals surface area contributed by atoms with Crippen LogP contribution >= 0.6 is 22.6 Å². The standard InChI is InChI=1S/C13H16IN3O4/c14-12-2-1-10(17(19)20)9-11(12)13(18)15-3-4-16-5-7-21-8-6-16/h1-2,9H,3-8H2,(H,15,18). The fourth-order valence-electron chi connectivity index (χ4n) is 2.05. The molecule has 8 heteroatoms. The number of non-ortho nitro benzene ring substituents is 1. The molecule has 0 aromatic heterocycles. The molecule has 0 unspecified atom stereocenters. The highest BCUT2D eigenvalue weighted by molar-refractivity contribution is 14.1. The number of halogens is 1. The topological polar surface area (TPSA) is 84.7 Å². The molecule has 0 radical (unpaired) electrons. The van der Waals surface area contributed by atoms with Crippen LogP contribution in [0.4, 0.5) is 5.69 Å². The van der Waals surface area contributed by atoms with Crippen molar-refractivity contribution in [3.8, 4) is 0 Å². The lowest BCUT2D eigenvalue weighted by Crippen LogP contribution is -2.41. The zero-order chi connectivity index (χ0) is 15.2. The van der Waals surface area contributed by atoms with Gasteiger partial charge in [-0.1, -0.05) is 0 Å². The molecule has 1 aliphatic heterocycles. The highest BCUT2D eigenvalue weighted by Crippen LogP contribution is 2.19. The van der Waals surface area contributed by atoms with Crippen LogP contribution in [0.1, 0.15) is 10.4 Å². The summed E-state index contributed by atoms with van der Waals surface area (Å²) in [6.07, 6.45) is 0. The molecule has 1 fully saturated rings. The predicted molar refractivity (Wildman–Crippen MR) is 85.4 cm³/mol. The van der Waals surface area contributed by atoms with E-state index in [0.29, 0.717) is 15.7 Å². The Morgan fingerprint density at radius 1 is 1.43 bits per heavy atom. The first kappa shape index (κ1) is 16.1. The van der Waals surface area contributed by atoms with Crippen molar-refractivity contribution < 1.29 is 14.5 Å². The minimum Gasteiger partial charge on any atom is -0.379 e. The van der Waals surface area contributed by atoms with E-state index in [0.717, 1.165) is 32.8 Å². The van der Waals surface area contributed by atoms with E-state index in [1.54, 1.807) is 6.07 Å². The molecule has 0 saturated carbocycles. The van der Waals surface area contributed by atoms with Crippen LogP contribution in [0, 0.1) is 13.7 Å². The first-order chi connectivity index (χ1) is 10.1. The van der Waals surface area contributed by atoms with Gasteiger partial charge in [0.05, 0.1) is 23.7 Å². The number of nitrogens with one attached hydrogen (secondary N) is 1. The van der Waals surface area contributed by atoms with E-state index in [-0.39, 0.29) is 11.6 Å². The maximum atomic E-state index is 12.1. The number of rotatable bonds is 5. The molecule has 1 N–H and O–H groups in total. The summed E-state index contributed by atoms with van der Waals surface area (Å²) in [5, 5.41) is 13.6. The molecule has 1 amide bonds. The van der Waals surface area contributed by atoms with Crippen LogP contribution in [0.25, 0.3) is 0 Å². The van der Waals surface area contributed by atoms with Crippen LogP contribution < -0.4 is 5.32 Å². The van der Waals surface area contributed by atoms with Crippen LogP contribution in [0.3, 0.4) is 0 Å². The Balaban J connectivity index is 1.90. The van der Waals surface area contributed by atoms with Crippen molar-refractivity contribution in [3.05, 3.63) is 37.4 Å². The number of nitrogens with zero attached hydrogens (tertiary/aromatic N) is 2. The summed E-state index contributed by atoms with van der Waals surface area (Å²) < 4.78 is 5.95. The largest absolute Gasteiger partial charge is 0.379 e. The molecule has 0 atom stereocenters. The third-order valence-corrected chi connectivity index (χ3v) is 4.16. The van der Waals surface area contributed by atoms with Crippen LogP contribution in [0.2, 0.25) is 0 Å². The van der Waals surface area contributed by atoms with Crippen LogP contribution in [-0.4, -0.2) is 55.1 Å². The summed E-state index contributed by atoms with van der Waals surface area (Å²) in [7, 11) is 0. The maximum absolute atomic E-state index is 12.1. The van der Waals surface area contributed by atoms with Crippen molar-refractivity contribution in [2.24, 2.45) is 0 Å². The zero-order valence-electron chi connectivity index (χ0n) is 11.4. The molecule has 1 aromatic rings. The molecule has 21 heavy (non-hydrogen) atoms. The fourth-order valence-corrected chi connectivity index (χ4v) is 2.63. The van der Waals surface area contributed by atoms with Crippen molar-refractivity contribution >= 4 is 34.2 Å². The van der Waals surface area contributed by atoms with E-state index in [1.807, 2.05) is 22.6 Å². The van der Waals surface area contributed by atoms with Gasteiger partial charge in [-0.2, -0.15) is 0 Å². The summed E-state index contributed by atoms with van der Waals surface area (Å²) in [6, 6.07) is 4.29. The van der Waals surface area contributed by atoms with E-state index in [9.17, 15) is 14.9 Å². The van der Waals surface area contributed by atoms with Crippen molar-refractivity contribution in [1.82, 2.24) is 10.2 Å². The average Bonchev–Trinajstić information content (AvgIpc) is 2.48. The molecule has 1 saturated heterocycles. The lowest BCUT2D eigenvalue weighted by Gasteiger charge is -2.26. The minimum absolute atomic E-state index is 0.0752. The number of hydrogen-bond donors (Lipinski definition) is 1. The van der Waals surface area contributed by atoms with Crippen molar-refractivity contribution in [2.75, 3.05) is 39.4 Å². The molecular weight excluding hydrogens is 389 g/mol. The Hall–Kier alpha value is -1.26. The van der Waals surface area contributed by atoms with Gasteiger partial charge in [0.15, 0.2) is 0 Å². The van der Waals surface area contributed by atoms with E-state index in [1.165, 1.54) is 12.1 Å². The van der Waals surface area contributed by atoms with Crippen molar-refractivity contribution in [2.45, 2.75) is 0 Å². The Bertz CT molecular complexity index is 532. The number of carbonyl (C=O) groups excluding carboxylic acids is 1. The number of nitro benzene ring substituents is 1. The number of hydrogen-bond acceptors (Lipinski definition) is 5. The predicted octanol–water partition coefficient (Wildman–Crippen LogP) is 1.26. The van der Waals surface area contributed by atoms with E-state index in [4.69, 9.17) is 4.74 Å². The van der Waals surface area contributed by atoms with Gasteiger partial charge in [-0.15, -0.1) is 0 Å². The molecule has 1 heterocycles. The van der Waals surface area contributed by atoms with Gasteiger partial charge < -0.3 is 10.1 Å². The Labute approximate surface area is 135 Å². The van der Waals surface area contributed by atoms with Crippen LogP contribution in [0.15, 0.2) is 18.2 Å². The summed E-state index contributed by atoms with van der Waals surface area (Å²) in [4.78, 5) is 24.6. The molecule has 7 nitrogen and oxygen atoms in total. The van der Waals surface area contributed by atoms with Gasteiger partial charge in [0.25, 0.3) is 11.6 Å². The monoisotopic (exact) mass is 405 g/mol. The average molecular weight is 405 g/mol. The number of carbonyl (C=O) groups is 1. The normalized spacial score (nSPS) is 15.7. The number of nitro groups is 1. The Morgan fingerprint density at radius 3 is 2.81 bits per heavy atom. The van der Waals surface area contributed by atoms with E-state index >= 15 is 0 Å². The Kier molecular flexibility index (Phi) is 5.88. The quantitative estimate of drug-likeness (QED) is 0.453. The third kappa shape index (κ3) is 4.61. The van der Waals surface area contributed by atoms with Gasteiger partial charge in [0.2, 0.25) is 0 Å². The fraction of sp³-hybridized carbons (Fsp3) is 0.462. The number of morpholine rings is 1. The first-order valence-corrected chi connectivity index (χ1v) is 7.68. The second-order valence-corrected chi connectivity index (χ2v) is 5.79. The number of amides is 1. The molecular formula is C13H16IN3O4. The lowest BCUT2D eigenvalue weighted by molar-refractivity contribution is -0.384. The highest BCUT2D eigenvalue weighted by atomic mass is 127. The molecule has 0 spiro atoms. The van der Waals surface area contributed by atoms with E-state index < -0.39 is 4.92 Å². The summed E-state index contributed by atoms with van der Waals surface area (Å²) in [6.45, 7) is 4.43. The molecule has 114 valence electrons. The second-order valence-electron chi connectivity index (χ2n) is 4.63. The molecule has 1 aliphatic rings. The molecule has 0 aliphatic carbocycles. The SMILES string of the molecule is O=C(NCCN1CCOCC1)c1cc([N+](=O)[O-])ccc1I. The molecule has 0 bridgehead atoms. The van der Waals surface area contributed by atoms with Gasteiger partial charge in [0.1, 0.15) is 0 Å². The van der Waals surface area contributed by atoms with Crippen LogP contribution in [-0.2, 0) is 4.74 Å². The van der Waals surface area contributed by atoms with Crippen LogP contribution in [0.5, 0.6) is 0 Å². The minimum atomic E-state index is -0.499. The van der Waals surface area contributed by atoms with Gasteiger partial charge in [-0.25, -0.2) is 0 Å². The zero-order valence-corrected chi connectivity index (χ0v) is 13.5. The second kappa shape index (κ2) is 7.66. The summed E-state index contributed by atoms with van der Waals surface area (Å²) in [5.74, 6) is -0.281. The lowest BCUT2D eigenvalue weighted by atomic mass is 10.2. The van der Waals surface area contributed by atoms with Gasteiger partial charge in [0, 0.05) is 41.9 Å². The van der Waals surface area contributed by atoms with Crippen molar-refractivity contribution in [3.63, 3.8) is 0 Å². The maximum Gasteiger partial charge on any atom is 0.270 e. The van der Waals surface area contributed by atoms with Crippen molar-refractivity contribution in [1.29, 1.82) is 0 Å². The van der Waals surface area contributed by atoms with Gasteiger partial charge in [-0.05, 0) is 28.7 Å². The third-order valence-electron chi connectivity index (χ3n) is 3.22. The highest BCUT2D eigenvalue weighted by Gasteiger charge is 2.16. The summed E-state index contributed by atoms with van der Waals surface area (Å²) in [5.41, 5.74) is 0.264. The smallest absolute Gasteiger partial charge is 0.270 e. The number of benzene rings is 1. The molecule has 1 aromatic carbocycles. The van der Waals surface area contributed by atoms with E-state index in [2.05, 4.69) is 10.2 Å². The van der Waals surface area contributed by atoms with Gasteiger partial charge >= 0.3 is 0 Å².